The molecule has 1 saturated carbocycles. The monoisotopic (exact) mass is 353 g/mol. The molecule has 0 amide bonds. The van der Waals surface area contributed by atoms with E-state index in [2.05, 4.69) is 26.3 Å². The van der Waals surface area contributed by atoms with Gasteiger partial charge in [-0.05, 0) is 34.7 Å². The molecule has 0 spiro atoms. The van der Waals surface area contributed by atoms with Gasteiger partial charge in [0.2, 0.25) is 0 Å². The maximum Gasteiger partial charge on any atom is 0.408 e. The van der Waals surface area contributed by atoms with E-state index in [1.54, 1.807) is 0 Å². The predicted molar refractivity (Wildman–Crippen MR) is 72.7 cm³/mol. The van der Waals surface area contributed by atoms with E-state index in [1.807, 2.05) is 0 Å². The lowest BCUT2D eigenvalue weighted by Crippen LogP contribution is -2.31. The van der Waals surface area contributed by atoms with E-state index >= 15 is 0 Å². The second-order valence-corrected chi connectivity index (χ2v) is 5.76. The van der Waals surface area contributed by atoms with Crippen LogP contribution in [0.1, 0.15) is 25.7 Å². The number of nitrogens with zero attached hydrogens (tertiary/aromatic N) is 2. The fourth-order valence-electron chi connectivity index (χ4n) is 1.89. The summed E-state index contributed by atoms with van der Waals surface area (Å²) in [4.78, 5) is 11.7. The standard InChI is InChI=1S/C12H15BrF3N3O/c13-10-9(17-5-1-2-8-3-4-8)6-18-19(11(10)20)7-12(14,15)16/h6,8,17H,1-5,7H2. The fourth-order valence-corrected chi connectivity index (χ4v) is 2.34. The van der Waals surface area contributed by atoms with E-state index in [1.165, 1.54) is 19.0 Å². The summed E-state index contributed by atoms with van der Waals surface area (Å²) < 4.78 is 37.2. The van der Waals surface area contributed by atoms with E-state index in [4.69, 9.17) is 0 Å². The van der Waals surface area contributed by atoms with E-state index in [-0.39, 0.29) is 4.47 Å². The summed E-state index contributed by atoms with van der Waals surface area (Å²) in [7, 11) is 0. The highest BCUT2D eigenvalue weighted by Gasteiger charge is 2.29. The molecule has 0 unspecified atom stereocenters. The summed E-state index contributed by atoms with van der Waals surface area (Å²) in [6, 6.07) is 0. The van der Waals surface area contributed by atoms with E-state index < -0.39 is 18.3 Å². The number of halogens is 4. The van der Waals surface area contributed by atoms with Gasteiger partial charge in [0.25, 0.3) is 5.56 Å². The molecule has 1 N–H and O–H groups in total. The van der Waals surface area contributed by atoms with Gasteiger partial charge in [-0.25, -0.2) is 4.68 Å². The number of hydrogen-bond acceptors (Lipinski definition) is 3. The lowest BCUT2D eigenvalue weighted by Gasteiger charge is -2.11. The Kier molecular flexibility index (Phi) is 4.72. The Labute approximate surface area is 122 Å². The molecule has 1 fully saturated rings. The third-order valence-corrected chi connectivity index (χ3v) is 3.88. The Morgan fingerprint density at radius 1 is 1.45 bits per heavy atom. The van der Waals surface area contributed by atoms with Gasteiger partial charge in [-0.2, -0.15) is 18.3 Å². The number of rotatable bonds is 6. The first-order valence-electron chi connectivity index (χ1n) is 6.43. The first kappa shape index (κ1) is 15.3. The van der Waals surface area contributed by atoms with Gasteiger partial charge in [0.15, 0.2) is 0 Å². The van der Waals surface area contributed by atoms with Crippen molar-refractivity contribution in [2.45, 2.75) is 38.4 Å². The quantitative estimate of drug-likeness (QED) is 0.799. The Hall–Kier alpha value is -1.05. The van der Waals surface area contributed by atoms with Crippen LogP contribution in [0.4, 0.5) is 18.9 Å². The van der Waals surface area contributed by atoms with Crippen LogP contribution in [0, 0.1) is 5.92 Å². The zero-order valence-corrected chi connectivity index (χ0v) is 12.3. The van der Waals surface area contributed by atoms with Crippen LogP contribution in [0.5, 0.6) is 0 Å². The van der Waals surface area contributed by atoms with Gasteiger partial charge in [0, 0.05) is 6.54 Å². The maximum atomic E-state index is 12.3. The van der Waals surface area contributed by atoms with Gasteiger partial charge >= 0.3 is 6.18 Å². The molecular formula is C12H15BrF3N3O. The van der Waals surface area contributed by atoms with Crippen LogP contribution < -0.4 is 10.9 Å². The molecule has 4 nitrogen and oxygen atoms in total. The normalized spacial score (nSPS) is 15.4. The second kappa shape index (κ2) is 6.15. The van der Waals surface area contributed by atoms with Crippen LogP contribution in [0.25, 0.3) is 0 Å². The molecular weight excluding hydrogens is 339 g/mol. The topological polar surface area (TPSA) is 46.9 Å². The van der Waals surface area contributed by atoms with Gasteiger partial charge in [-0.3, -0.25) is 4.79 Å². The first-order chi connectivity index (χ1) is 9.37. The van der Waals surface area contributed by atoms with Crippen molar-refractivity contribution >= 4 is 21.6 Å². The Balaban J connectivity index is 1.96. The van der Waals surface area contributed by atoms with E-state index in [9.17, 15) is 18.0 Å². The van der Waals surface area contributed by atoms with Crippen LogP contribution in [-0.4, -0.2) is 22.5 Å². The molecule has 20 heavy (non-hydrogen) atoms. The van der Waals surface area contributed by atoms with Crippen LogP contribution in [-0.2, 0) is 6.54 Å². The Morgan fingerprint density at radius 2 is 2.15 bits per heavy atom. The largest absolute Gasteiger partial charge is 0.408 e. The molecule has 1 aliphatic carbocycles. The van der Waals surface area contributed by atoms with Gasteiger partial charge in [0.05, 0.1) is 11.9 Å². The molecule has 1 aliphatic rings. The Bertz CT molecular complexity index is 526. The summed E-state index contributed by atoms with van der Waals surface area (Å²) in [5, 5.41) is 6.57. The molecule has 1 aromatic heterocycles. The molecule has 0 saturated heterocycles. The zero-order valence-electron chi connectivity index (χ0n) is 10.7. The van der Waals surface area contributed by atoms with Crippen molar-refractivity contribution in [1.82, 2.24) is 9.78 Å². The third-order valence-electron chi connectivity index (χ3n) is 3.12. The van der Waals surface area contributed by atoms with Crippen molar-refractivity contribution in [3.05, 3.63) is 21.0 Å². The molecule has 112 valence electrons. The van der Waals surface area contributed by atoms with E-state index in [0.717, 1.165) is 18.8 Å². The molecule has 1 aromatic rings. The first-order valence-corrected chi connectivity index (χ1v) is 7.22. The number of hydrogen-bond donors (Lipinski definition) is 1. The van der Waals surface area contributed by atoms with Crippen molar-refractivity contribution in [3.8, 4) is 0 Å². The average molecular weight is 354 g/mol. The molecule has 0 radical (unpaired) electrons. The van der Waals surface area contributed by atoms with Gasteiger partial charge in [-0.1, -0.05) is 12.8 Å². The molecule has 0 aromatic carbocycles. The van der Waals surface area contributed by atoms with Crippen LogP contribution in [0.2, 0.25) is 0 Å². The molecule has 1 heterocycles. The lowest BCUT2D eigenvalue weighted by atomic mass is 10.2. The number of aromatic nitrogens is 2. The van der Waals surface area contributed by atoms with Crippen molar-refractivity contribution in [2.75, 3.05) is 11.9 Å². The SMILES string of the molecule is O=c1c(Br)c(NCCCC2CC2)cnn1CC(F)(F)F. The Morgan fingerprint density at radius 3 is 2.75 bits per heavy atom. The lowest BCUT2D eigenvalue weighted by molar-refractivity contribution is -0.143. The third kappa shape index (κ3) is 4.50. The van der Waals surface area contributed by atoms with Crippen LogP contribution >= 0.6 is 15.9 Å². The van der Waals surface area contributed by atoms with Crippen LogP contribution in [0.3, 0.4) is 0 Å². The highest BCUT2D eigenvalue weighted by Crippen LogP contribution is 2.33. The zero-order chi connectivity index (χ0) is 14.8. The van der Waals surface area contributed by atoms with Gasteiger partial charge in [-0.15, -0.1) is 0 Å². The summed E-state index contributed by atoms with van der Waals surface area (Å²) in [5.74, 6) is 0.832. The fraction of sp³-hybridized carbons (Fsp3) is 0.667. The minimum absolute atomic E-state index is 0.0863. The van der Waals surface area contributed by atoms with Gasteiger partial charge in [0.1, 0.15) is 11.0 Å². The van der Waals surface area contributed by atoms with E-state index in [0.29, 0.717) is 16.9 Å². The number of nitrogens with one attached hydrogen (secondary N) is 1. The van der Waals surface area contributed by atoms with Crippen molar-refractivity contribution in [1.29, 1.82) is 0 Å². The van der Waals surface area contributed by atoms with Crippen molar-refractivity contribution in [2.24, 2.45) is 5.92 Å². The highest BCUT2D eigenvalue weighted by atomic mass is 79.9. The average Bonchev–Trinajstić information content (AvgIpc) is 3.15. The summed E-state index contributed by atoms with van der Waals surface area (Å²) in [6.07, 6.45) is 1.48. The van der Waals surface area contributed by atoms with Crippen molar-refractivity contribution in [3.63, 3.8) is 0 Å². The highest BCUT2D eigenvalue weighted by molar-refractivity contribution is 9.10. The molecule has 2 rings (SSSR count). The smallest absolute Gasteiger partial charge is 0.383 e. The maximum absolute atomic E-state index is 12.3. The molecule has 0 atom stereocenters. The predicted octanol–water partition coefficient (Wildman–Crippen LogP) is 3.17. The second-order valence-electron chi connectivity index (χ2n) is 4.96. The van der Waals surface area contributed by atoms with Gasteiger partial charge < -0.3 is 5.32 Å². The molecule has 0 aliphatic heterocycles. The molecule has 8 heteroatoms. The summed E-state index contributed by atoms with van der Waals surface area (Å²) in [5.41, 5.74) is -0.348. The summed E-state index contributed by atoms with van der Waals surface area (Å²) in [6.45, 7) is -0.702. The molecule has 0 bridgehead atoms. The summed E-state index contributed by atoms with van der Waals surface area (Å²) >= 11 is 3.03. The van der Waals surface area contributed by atoms with Crippen molar-refractivity contribution < 1.29 is 13.2 Å². The number of alkyl halides is 3. The minimum Gasteiger partial charge on any atom is -0.383 e. The minimum atomic E-state index is -4.46. The number of anilines is 1. The van der Waals surface area contributed by atoms with Crippen LogP contribution in [0.15, 0.2) is 15.5 Å².